The third-order valence-corrected chi connectivity index (χ3v) is 5.18. The van der Waals surface area contributed by atoms with Crippen molar-refractivity contribution < 1.29 is 4.74 Å². The van der Waals surface area contributed by atoms with E-state index in [0.717, 1.165) is 32.3 Å². The lowest BCUT2D eigenvalue weighted by atomic mass is 9.87. The van der Waals surface area contributed by atoms with Crippen LogP contribution >= 0.6 is 0 Å². The summed E-state index contributed by atoms with van der Waals surface area (Å²) in [6.07, 6.45) is 8.55. The molecule has 0 saturated carbocycles. The van der Waals surface area contributed by atoms with E-state index < -0.39 is 0 Å². The Morgan fingerprint density at radius 2 is 1.91 bits per heavy atom. The Morgan fingerprint density at radius 1 is 1.18 bits per heavy atom. The van der Waals surface area contributed by atoms with Crippen LogP contribution in [0, 0.1) is 0 Å². The first-order valence-electron chi connectivity index (χ1n) is 8.36. The number of fused-ring (bicyclic) bond motifs is 1. The van der Waals surface area contributed by atoms with Gasteiger partial charge in [0.2, 0.25) is 0 Å². The average Bonchev–Trinajstić information content (AvgIpc) is 3.12. The molecule has 3 heteroatoms. The van der Waals surface area contributed by atoms with Gasteiger partial charge in [-0.3, -0.25) is 0 Å². The molecule has 1 aliphatic heterocycles. The van der Waals surface area contributed by atoms with Crippen molar-refractivity contribution in [3.05, 3.63) is 53.6 Å². The van der Waals surface area contributed by atoms with Crippen molar-refractivity contribution in [2.45, 2.75) is 57.1 Å². The normalized spacial score (nSPS) is 24.4. The Bertz CT molecular complexity index is 649. The standard InChI is InChI=1S/C19H24N2O/c1-19(2)13-16(7-10-22-19)18-20-8-9-21(18)17-11-14-5-3-4-6-15(14)12-17/h3-6,8-9,16-17H,7,10-13H2,1-2H3/t16-/m1/s1. The number of imidazole rings is 1. The molecular formula is C19H24N2O. The molecule has 116 valence electrons. The van der Waals surface area contributed by atoms with Gasteiger partial charge in [-0.25, -0.2) is 4.98 Å². The second-order valence-corrected chi connectivity index (χ2v) is 7.32. The molecule has 1 saturated heterocycles. The molecule has 0 N–H and O–H groups in total. The molecule has 1 aliphatic carbocycles. The van der Waals surface area contributed by atoms with E-state index >= 15 is 0 Å². The molecule has 0 bridgehead atoms. The molecule has 2 aliphatic rings. The van der Waals surface area contributed by atoms with Gasteiger partial charge in [-0.05, 0) is 50.7 Å². The van der Waals surface area contributed by atoms with Crippen molar-refractivity contribution in [1.82, 2.24) is 9.55 Å². The molecule has 4 rings (SSSR count). The van der Waals surface area contributed by atoms with Crippen LogP contribution in [0.3, 0.4) is 0 Å². The predicted octanol–water partition coefficient (Wildman–Crippen LogP) is 3.90. The first-order chi connectivity index (χ1) is 10.6. The molecule has 0 unspecified atom stereocenters. The van der Waals surface area contributed by atoms with Gasteiger partial charge in [0.25, 0.3) is 0 Å². The zero-order chi connectivity index (χ0) is 15.2. The van der Waals surface area contributed by atoms with Gasteiger partial charge in [-0.15, -0.1) is 0 Å². The van der Waals surface area contributed by atoms with E-state index in [-0.39, 0.29) is 5.60 Å². The predicted molar refractivity (Wildman–Crippen MR) is 87.1 cm³/mol. The zero-order valence-electron chi connectivity index (χ0n) is 13.5. The quantitative estimate of drug-likeness (QED) is 0.840. The number of ether oxygens (including phenoxy) is 1. The minimum Gasteiger partial charge on any atom is -0.376 e. The number of nitrogens with zero attached hydrogens (tertiary/aromatic N) is 2. The van der Waals surface area contributed by atoms with Gasteiger partial charge in [-0.2, -0.15) is 0 Å². The van der Waals surface area contributed by atoms with Crippen LogP contribution in [-0.4, -0.2) is 21.8 Å². The third kappa shape index (κ3) is 2.48. The Kier molecular flexibility index (Phi) is 3.33. The monoisotopic (exact) mass is 296 g/mol. The summed E-state index contributed by atoms with van der Waals surface area (Å²) in [5.41, 5.74) is 2.97. The maximum atomic E-state index is 5.87. The summed E-state index contributed by atoms with van der Waals surface area (Å²) in [4.78, 5) is 4.72. The van der Waals surface area contributed by atoms with Crippen molar-refractivity contribution in [2.24, 2.45) is 0 Å². The molecule has 22 heavy (non-hydrogen) atoms. The summed E-state index contributed by atoms with van der Waals surface area (Å²) in [5.74, 6) is 1.77. The van der Waals surface area contributed by atoms with Crippen molar-refractivity contribution in [3.8, 4) is 0 Å². The molecule has 2 heterocycles. The fourth-order valence-corrected chi connectivity index (χ4v) is 4.13. The number of hydrogen-bond acceptors (Lipinski definition) is 2. The summed E-state index contributed by atoms with van der Waals surface area (Å²) in [5, 5.41) is 0. The second-order valence-electron chi connectivity index (χ2n) is 7.32. The van der Waals surface area contributed by atoms with Crippen molar-refractivity contribution in [1.29, 1.82) is 0 Å². The second kappa shape index (κ2) is 5.24. The lowest BCUT2D eigenvalue weighted by molar-refractivity contribution is -0.0607. The van der Waals surface area contributed by atoms with Crippen LogP contribution < -0.4 is 0 Å². The van der Waals surface area contributed by atoms with Crippen molar-refractivity contribution >= 4 is 0 Å². The van der Waals surface area contributed by atoms with Gasteiger partial charge >= 0.3 is 0 Å². The van der Waals surface area contributed by atoms with E-state index in [2.05, 4.69) is 48.9 Å². The number of rotatable bonds is 2. The van der Waals surface area contributed by atoms with E-state index in [1.165, 1.54) is 17.0 Å². The maximum absolute atomic E-state index is 5.87. The molecular weight excluding hydrogens is 272 g/mol. The lowest BCUT2D eigenvalue weighted by Crippen LogP contribution is -2.34. The highest BCUT2D eigenvalue weighted by molar-refractivity contribution is 5.33. The molecule has 0 amide bonds. The number of hydrogen-bond donors (Lipinski definition) is 0. The van der Waals surface area contributed by atoms with E-state index in [4.69, 9.17) is 9.72 Å². The molecule has 1 fully saturated rings. The first kappa shape index (κ1) is 14.0. The van der Waals surface area contributed by atoms with Crippen LogP contribution in [0.25, 0.3) is 0 Å². The van der Waals surface area contributed by atoms with Crippen LogP contribution in [0.1, 0.15) is 55.6 Å². The van der Waals surface area contributed by atoms with Gasteiger partial charge < -0.3 is 9.30 Å². The van der Waals surface area contributed by atoms with Crippen LogP contribution in [-0.2, 0) is 17.6 Å². The summed E-state index contributed by atoms with van der Waals surface area (Å²) >= 11 is 0. The first-order valence-corrected chi connectivity index (χ1v) is 8.36. The summed E-state index contributed by atoms with van der Waals surface area (Å²) in [6.45, 7) is 5.23. The highest BCUT2D eigenvalue weighted by Gasteiger charge is 2.33. The fraction of sp³-hybridized carbons (Fsp3) is 0.526. The van der Waals surface area contributed by atoms with E-state index in [0.29, 0.717) is 12.0 Å². The molecule has 0 radical (unpaired) electrons. The van der Waals surface area contributed by atoms with Crippen molar-refractivity contribution in [3.63, 3.8) is 0 Å². The molecule has 3 nitrogen and oxygen atoms in total. The average molecular weight is 296 g/mol. The Hall–Kier alpha value is -1.61. The van der Waals surface area contributed by atoms with Crippen molar-refractivity contribution in [2.75, 3.05) is 6.61 Å². The Labute approximate surface area is 132 Å². The van der Waals surface area contributed by atoms with E-state index in [1.54, 1.807) is 0 Å². The topological polar surface area (TPSA) is 27.1 Å². The third-order valence-electron chi connectivity index (χ3n) is 5.18. The van der Waals surface area contributed by atoms with Gasteiger partial charge in [0, 0.05) is 31.0 Å². The molecule has 2 aromatic rings. The maximum Gasteiger partial charge on any atom is 0.112 e. The molecule has 1 aromatic heterocycles. The largest absolute Gasteiger partial charge is 0.376 e. The number of aromatic nitrogens is 2. The minimum absolute atomic E-state index is 0.0294. The van der Waals surface area contributed by atoms with Gasteiger partial charge in [-0.1, -0.05) is 24.3 Å². The summed E-state index contributed by atoms with van der Waals surface area (Å²) < 4.78 is 8.31. The summed E-state index contributed by atoms with van der Waals surface area (Å²) in [6, 6.07) is 9.36. The van der Waals surface area contributed by atoms with E-state index in [9.17, 15) is 0 Å². The molecule has 1 atom stereocenters. The van der Waals surface area contributed by atoms with Gasteiger partial charge in [0.1, 0.15) is 5.82 Å². The molecule has 1 aromatic carbocycles. The zero-order valence-corrected chi connectivity index (χ0v) is 13.5. The Morgan fingerprint density at radius 3 is 2.59 bits per heavy atom. The smallest absolute Gasteiger partial charge is 0.112 e. The Balaban J connectivity index is 1.59. The highest BCUT2D eigenvalue weighted by Crippen LogP contribution is 2.38. The van der Waals surface area contributed by atoms with Gasteiger partial charge in [0.05, 0.1) is 5.60 Å². The van der Waals surface area contributed by atoms with Crippen LogP contribution in [0.4, 0.5) is 0 Å². The fourth-order valence-electron chi connectivity index (χ4n) is 4.13. The molecule has 0 spiro atoms. The summed E-state index contributed by atoms with van der Waals surface area (Å²) in [7, 11) is 0. The highest BCUT2D eigenvalue weighted by atomic mass is 16.5. The number of benzene rings is 1. The SMILES string of the molecule is CC1(C)C[C@H](c2nccn2C2Cc3ccccc3C2)CCO1. The van der Waals surface area contributed by atoms with E-state index in [1.807, 2.05) is 6.20 Å². The van der Waals surface area contributed by atoms with Crippen LogP contribution in [0.15, 0.2) is 36.7 Å². The van der Waals surface area contributed by atoms with Crippen LogP contribution in [0.2, 0.25) is 0 Å². The van der Waals surface area contributed by atoms with Crippen LogP contribution in [0.5, 0.6) is 0 Å². The minimum atomic E-state index is -0.0294. The lowest BCUT2D eigenvalue weighted by Gasteiger charge is -2.35. The van der Waals surface area contributed by atoms with Gasteiger partial charge in [0.15, 0.2) is 0 Å².